The van der Waals surface area contributed by atoms with Gasteiger partial charge in [0, 0.05) is 48.2 Å². The van der Waals surface area contributed by atoms with E-state index in [1.165, 1.54) is 24.4 Å². The minimum atomic E-state index is -0.286. The van der Waals surface area contributed by atoms with Gasteiger partial charge in [-0.25, -0.2) is 4.39 Å². The topological polar surface area (TPSA) is 81.8 Å². The highest BCUT2D eigenvalue weighted by Gasteiger charge is 2.29. The van der Waals surface area contributed by atoms with Crippen molar-refractivity contribution in [1.82, 2.24) is 20.1 Å². The molecule has 1 aliphatic heterocycles. The third kappa shape index (κ3) is 3.47. The molecule has 1 aliphatic rings. The standard InChI is InChI=1S/C21H21FN4O2/c1-13-9-19(27)18(10-23-13)21(28)26-8-2-3-15(12-26)20-17(11-24-25-20)14-4-6-16(22)7-5-14/h4-7,9-11,15H,2-3,8,12H2,1H3,(H,23,27)(H,24,25)/t15-/m1/s1. The number of aromatic nitrogens is 3. The Kier molecular flexibility index (Phi) is 4.81. The predicted molar refractivity (Wildman–Crippen MR) is 104 cm³/mol. The number of nitrogens with zero attached hydrogens (tertiary/aromatic N) is 2. The summed E-state index contributed by atoms with van der Waals surface area (Å²) >= 11 is 0. The van der Waals surface area contributed by atoms with Crippen molar-refractivity contribution < 1.29 is 9.18 Å². The van der Waals surface area contributed by atoms with E-state index < -0.39 is 0 Å². The highest BCUT2D eigenvalue weighted by molar-refractivity contribution is 5.94. The van der Waals surface area contributed by atoms with Crippen LogP contribution >= 0.6 is 0 Å². The van der Waals surface area contributed by atoms with Crippen molar-refractivity contribution in [3.63, 3.8) is 0 Å². The smallest absolute Gasteiger partial charge is 0.259 e. The van der Waals surface area contributed by atoms with Gasteiger partial charge in [0.05, 0.1) is 6.20 Å². The average Bonchev–Trinajstić information content (AvgIpc) is 3.18. The van der Waals surface area contributed by atoms with E-state index >= 15 is 0 Å². The number of aromatic amines is 2. The second-order valence-electron chi connectivity index (χ2n) is 7.19. The van der Waals surface area contributed by atoms with Gasteiger partial charge in [-0.1, -0.05) is 12.1 Å². The molecule has 7 heteroatoms. The van der Waals surface area contributed by atoms with E-state index in [1.54, 1.807) is 30.2 Å². The van der Waals surface area contributed by atoms with Crippen LogP contribution in [0, 0.1) is 12.7 Å². The van der Waals surface area contributed by atoms with Gasteiger partial charge in [-0.05, 0) is 37.5 Å². The minimum absolute atomic E-state index is 0.0739. The second kappa shape index (κ2) is 7.42. The molecule has 1 fully saturated rings. The third-order valence-electron chi connectivity index (χ3n) is 5.23. The van der Waals surface area contributed by atoms with Crippen molar-refractivity contribution in [3.05, 3.63) is 75.7 Å². The summed E-state index contributed by atoms with van der Waals surface area (Å²) in [5.74, 6) is -0.467. The van der Waals surface area contributed by atoms with Crippen LogP contribution in [-0.2, 0) is 0 Å². The molecule has 6 nitrogen and oxygen atoms in total. The van der Waals surface area contributed by atoms with Crippen LogP contribution in [0.2, 0.25) is 0 Å². The fourth-order valence-corrected chi connectivity index (χ4v) is 3.77. The molecule has 3 heterocycles. The number of benzene rings is 1. The van der Waals surface area contributed by atoms with Gasteiger partial charge < -0.3 is 9.88 Å². The number of nitrogens with one attached hydrogen (secondary N) is 2. The van der Waals surface area contributed by atoms with E-state index in [0.717, 1.165) is 35.4 Å². The fraction of sp³-hybridized carbons (Fsp3) is 0.286. The van der Waals surface area contributed by atoms with Gasteiger partial charge in [-0.15, -0.1) is 0 Å². The molecule has 1 saturated heterocycles. The molecule has 0 spiro atoms. The molecule has 1 atom stereocenters. The highest BCUT2D eigenvalue weighted by atomic mass is 19.1. The zero-order chi connectivity index (χ0) is 19.7. The van der Waals surface area contributed by atoms with E-state index in [9.17, 15) is 14.0 Å². The van der Waals surface area contributed by atoms with Crippen molar-refractivity contribution >= 4 is 5.91 Å². The van der Waals surface area contributed by atoms with Crippen molar-refractivity contribution in [1.29, 1.82) is 0 Å². The lowest BCUT2D eigenvalue weighted by Crippen LogP contribution is -2.41. The van der Waals surface area contributed by atoms with Crippen molar-refractivity contribution in [2.75, 3.05) is 13.1 Å². The highest BCUT2D eigenvalue weighted by Crippen LogP contribution is 2.33. The lowest BCUT2D eigenvalue weighted by Gasteiger charge is -2.32. The van der Waals surface area contributed by atoms with Gasteiger partial charge in [0.15, 0.2) is 5.43 Å². The Hall–Kier alpha value is -3.22. The maximum absolute atomic E-state index is 13.2. The lowest BCUT2D eigenvalue weighted by atomic mass is 9.90. The van der Waals surface area contributed by atoms with Crippen LogP contribution in [0.5, 0.6) is 0 Å². The molecule has 4 rings (SSSR count). The van der Waals surface area contributed by atoms with E-state index in [1.807, 2.05) is 0 Å². The number of hydrogen-bond donors (Lipinski definition) is 2. The monoisotopic (exact) mass is 380 g/mol. The van der Waals surface area contributed by atoms with Crippen molar-refractivity contribution in [3.8, 4) is 11.1 Å². The summed E-state index contributed by atoms with van der Waals surface area (Å²) in [5.41, 5.74) is 3.34. The first-order chi connectivity index (χ1) is 13.5. The Labute approximate surface area is 161 Å². The van der Waals surface area contributed by atoms with Gasteiger partial charge in [-0.3, -0.25) is 14.7 Å². The van der Waals surface area contributed by atoms with Gasteiger partial charge in [0.1, 0.15) is 11.4 Å². The maximum atomic E-state index is 13.2. The van der Waals surface area contributed by atoms with Gasteiger partial charge in [0.2, 0.25) is 0 Å². The molecule has 1 aromatic carbocycles. The number of carbonyl (C=O) groups is 1. The van der Waals surface area contributed by atoms with Crippen LogP contribution in [-0.4, -0.2) is 39.1 Å². The summed E-state index contributed by atoms with van der Waals surface area (Å²) < 4.78 is 13.2. The number of piperidine rings is 1. The maximum Gasteiger partial charge on any atom is 0.259 e. The molecule has 0 radical (unpaired) electrons. The lowest BCUT2D eigenvalue weighted by molar-refractivity contribution is 0.0704. The van der Waals surface area contributed by atoms with Gasteiger partial charge >= 0.3 is 0 Å². The number of aryl methyl sites for hydroxylation is 1. The molecule has 144 valence electrons. The summed E-state index contributed by atoms with van der Waals surface area (Å²) in [7, 11) is 0. The van der Waals surface area contributed by atoms with E-state index in [2.05, 4.69) is 15.2 Å². The Morgan fingerprint density at radius 2 is 2.07 bits per heavy atom. The number of pyridine rings is 1. The van der Waals surface area contributed by atoms with Crippen LogP contribution in [0.3, 0.4) is 0 Å². The van der Waals surface area contributed by atoms with Crippen LogP contribution in [0.15, 0.2) is 47.5 Å². The zero-order valence-corrected chi connectivity index (χ0v) is 15.5. The third-order valence-corrected chi connectivity index (χ3v) is 5.23. The summed E-state index contributed by atoms with van der Waals surface area (Å²) in [5, 5.41) is 7.23. The molecular formula is C21H21FN4O2. The van der Waals surface area contributed by atoms with Crippen LogP contribution < -0.4 is 5.43 Å². The Balaban J connectivity index is 1.58. The number of likely N-dealkylation sites (tertiary alicyclic amines) is 1. The number of hydrogen-bond acceptors (Lipinski definition) is 3. The van der Waals surface area contributed by atoms with Crippen LogP contribution in [0.4, 0.5) is 4.39 Å². The molecule has 2 N–H and O–H groups in total. The van der Waals surface area contributed by atoms with E-state index in [4.69, 9.17) is 0 Å². The molecule has 0 bridgehead atoms. The summed E-state index contributed by atoms with van der Waals surface area (Å²) in [6, 6.07) is 7.73. The van der Waals surface area contributed by atoms with Gasteiger partial charge in [0.25, 0.3) is 5.91 Å². The number of amides is 1. The quantitative estimate of drug-likeness (QED) is 0.732. The van der Waals surface area contributed by atoms with E-state index in [0.29, 0.717) is 13.1 Å². The molecule has 1 amide bonds. The predicted octanol–water partition coefficient (Wildman–Crippen LogP) is 3.23. The average molecular weight is 380 g/mol. The fourth-order valence-electron chi connectivity index (χ4n) is 3.77. The number of halogens is 1. The SMILES string of the molecule is Cc1cc(=O)c(C(=O)N2CCC[C@@H](c3[nH]ncc3-c3ccc(F)cc3)C2)c[nH]1. The first kappa shape index (κ1) is 18.2. The van der Waals surface area contributed by atoms with Gasteiger partial charge in [-0.2, -0.15) is 5.10 Å². The molecule has 0 saturated carbocycles. The Morgan fingerprint density at radius 1 is 1.29 bits per heavy atom. The molecule has 0 aliphatic carbocycles. The van der Waals surface area contributed by atoms with Crippen molar-refractivity contribution in [2.45, 2.75) is 25.7 Å². The van der Waals surface area contributed by atoms with Crippen LogP contribution in [0.25, 0.3) is 11.1 Å². The molecule has 3 aromatic rings. The molecular weight excluding hydrogens is 359 g/mol. The number of carbonyl (C=O) groups excluding carboxylic acids is 1. The zero-order valence-electron chi connectivity index (χ0n) is 15.5. The second-order valence-corrected chi connectivity index (χ2v) is 7.19. The number of rotatable bonds is 3. The van der Waals surface area contributed by atoms with Crippen LogP contribution in [0.1, 0.15) is 40.5 Å². The minimum Gasteiger partial charge on any atom is -0.364 e. The first-order valence-electron chi connectivity index (χ1n) is 9.31. The first-order valence-corrected chi connectivity index (χ1v) is 9.31. The molecule has 28 heavy (non-hydrogen) atoms. The van der Waals surface area contributed by atoms with E-state index in [-0.39, 0.29) is 28.6 Å². The number of H-pyrrole nitrogens is 2. The molecule has 2 aromatic heterocycles. The summed E-state index contributed by atoms with van der Waals surface area (Å²) in [6.07, 6.45) is 4.96. The molecule has 0 unspecified atom stereocenters. The Bertz CT molecular complexity index is 1050. The summed E-state index contributed by atoms with van der Waals surface area (Å²) in [6.45, 7) is 2.90. The van der Waals surface area contributed by atoms with Crippen molar-refractivity contribution in [2.24, 2.45) is 0 Å². The summed E-state index contributed by atoms with van der Waals surface area (Å²) in [4.78, 5) is 29.7. The largest absolute Gasteiger partial charge is 0.364 e. The Morgan fingerprint density at radius 3 is 2.82 bits per heavy atom. The normalized spacial score (nSPS) is 16.9.